The second-order valence-electron chi connectivity index (χ2n) is 5.73. The van der Waals surface area contributed by atoms with E-state index in [1.807, 2.05) is 30.3 Å². The van der Waals surface area contributed by atoms with E-state index in [1.54, 1.807) is 7.11 Å². The predicted octanol–water partition coefficient (Wildman–Crippen LogP) is 4.17. The van der Waals surface area contributed by atoms with E-state index in [1.165, 1.54) is 17.5 Å². The van der Waals surface area contributed by atoms with Crippen LogP contribution >= 0.6 is 0 Å². The Morgan fingerprint density at radius 3 is 2.36 bits per heavy atom. The lowest BCUT2D eigenvalue weighted by Crippen LogP contribution is -2.06. The van der Waals surface area contributed by atoms with Crippen LogP contribution in [0.5, 0.6) is 5.75 Å². The number of nitrogens with two attached hydrogens (primary N) is 1. The Bertz CT molecular complexity index is 895. The SMILES string of the molecule is COc1ccccc1Nc1ncnc(Nc2ccc(C)c(C)c2)c1N. The minimum absolute atomic E-state index is 0.437. The molecule has 0 saturated heterocycles. The van der Waals surface area contributed by atoms with Gasteiger partial charge in [-0.25, -0.2) is 9.97 Å². The van der Waals surface area contributed by atoms with Crippen molar-refractivity contribution < 1.29 is 4.74 Å². The summed E-state index contributed by atoms with van der Waals surface area (Å²) < 4.78 is 5.35. The van der Waals surface area contributed by atoms with Crippen molar-refractivity contribution in [3.8, 4) is 5.75 Å². The van der Waals surface area contributed by atoms with Gasteiger partial charge in [-0.2, -0.15) is 0 Å². The van der Waals surface area contributed by atoms with Crippen molar-refractivity contribution in [2.45, 2.75) is 13.8 Å². The number of aryl methyl sites for hydroxylation is 2. The van der Waals surface area contributed by atoms with E-state index < -0.39 is 0 Å². The van der Waals surface area contributed by atoms with Crippen molar-refractivity contribution in [2.24, 2.45) is 0 Å². The van der Waals surface area contributed by atoms with E-state index in [0.717, 1.165) is 11.4 Å². The van der Waals surface area contributed by atoms with Crippen LogP contribution in [-0.4, -0.2) is 17.1 Å². The summed E-state index contributed by atoms with van der Waals surface area (Å²) in [6, 6.07) is 13.7. The van der Waals surface area contributed by atoms with Gasteiger partial charge >= 0.3 is 0 Å². The molecule has 3 rings (SSSR count). The number of methoxy groups -OCH3 is 1. The zero-order chi connectivity index (χ0) is 17.8. The number of nitrogens with zero attached hydrogens (tertiary/aromatic N) is 2. The van der Waals surface area contributed by atoms with E-state index >= 15 is 0 Å². The highest BCUT2D eigenvalue weighted by atomic mass is 16.5. The van der Waals surface area contributed by atoms with E-state index in [2.05, 4.69) is 46.6 Å². The summed E-state index contributed by atoms with van der Waals surface area (Å²) in [5.74, 6) is 1.78. The zero-order valence-electron chi connectivity index (χ0n) is 14.5. The zero-order valence-corrected chi connectivity index (χ0v) is 14.5. The molecule has 25 heavy (non-hydrogen) atoms. The molecule has 128 valence electrons. The molecule has 6 heteroatoms. The number of ether oxygens (including phenoxy) is 1. The highest BCUT2D eigenvalue weighted by Gasteiger charge is 2.11. The van der Waals surface area contributed by atoms with Gasteiger partial charge in [0.1, 0.15) is 17.8 Å². The minimum atomic E-state index is 0.437. The topological polar surface area (TPSA) is 85.1 Å². The molecule has 3 aromatic rings. The monoisotopic (exact) mass is 335 g/mol. The Kier molecular flexibility index (Phi) is 4.70. The number of hydrogen-bond acceptors (Lipinski definition) is 6. The molecule has 6 nitrogen and oxygen atoms in total. The highest BCUT2D eigenvalue weighted by molar-refractivity contribution is 5.81. The molecule has 0 unspecified atom stereocenters. The van der Waals surface area contributed by atoms with Gasteiger partial charge in [0.2, 0.25) is 0 Å². The van der Waals surface area contributed by atoms with Gasteiger partial charge in [-0.15, -0.1) is 0 Å². The molecule has 1 aromatic heterocycles. The molecule has 0 fully saturated rings. The molecular weight excluding hydrogens is 314 g/mol. The van der Waals surface area contributed by atoms with Gasteiger partial charge in [0.25, 0.3) is 0 Å². The molecule has 0 spiro atoms. The van der Waals surface area contributed by atoms with Crippen LogP contribution < -0.4 is 21.1 Å². The first-order valence-electron chi connectivity index (χ1n) is 7.93. The van der Waals surface area contributed by atoms with Crippen LogP contribution in [0.2, 0.25) is 0 Å². The largest absolute Gasteiger partial charge is 0.495 e. The van der Waals surface area contributed by atoms with Gasteiger partial charge in [0, 0.05) is 5.69 Å². The van der Waals surface area contributed by atoms with Crippen molar-refractivity contribution in [1.82, 2.24) is 9.97 Å². The van der Waals surface area contributed by atoms with Crippen molar-refractivity contribution in [2.75, 3.05) is 23.5 Å². The van der Waals surface area contributed by atoms with Gasteiger partial charge < -0.3 is 21.1 Å². The van der Waals surface area contributed by atoms with Crippen molar-refractivity contribution in [1.29, 1.82) is 0 Å². The van der Waals surface area contributed by atoms with Crippen LogP contribution in [0, 0.1) is 13.8 Å². The van der Waals surface area contributed by atoms with Crippen LogP contribution in [0.3, 0.4) is 0 Å². The molecule has 0 saturated carbocycles. The molecule has 0 radical (unpaired) electrons. The van der Waals surface area contributed by atoms with Gasteiger partial charge in [0.15, 0.2) is 11.6 Å². The summed E-state index contributed by atoms with van der Waals surface area (Å²) in [6.45, 7) is 4.14. The standard InChI is InChI=1S/C19H21N5O/c1-12-8-9-14(10-13(12)2)23-18-17(20)19(22-11-21-18)24-15-6-4-5-7-16(15)25-3/h4-11H,20H2,1-3H3,(H2,21,22,23,24). The number of hydrogen-bond donors (Lipinski definition) is 3. The second-order valence-corrected chi connectivity index (χ2v) is 5.73. The van der Waals surface area contributed by atoms with E-state index in [4.69, 9.17) is 10.5 Å². The first kappa shape index (κ1) is 16.6. The first-order valence-corrected chi connectivity index (χ1v) is 7.93. The van der Waals surface area contributed by atoms with Crippen LogP contribution in [0.1, 0.15) is 11.1 Å². The molecule has 2 aromatic carbocycles. The average molecular weight is 335 g/mol. The van der Waals surface area contributed by atoms with Gasteiger partial charge in [0.05, 0.1) is 12.8 Å². The maximum Gasteiger partial charge on any atom is 0.159 e. The van der Waals surface area contributed by atoms with Crippen LogP contribution in [0.4, 0.5) is 28.7 Å². The van der Waals surface area contributed by atoms with Gasteiger partial charge in [-0.1, -0.05) is 18.2 Å². The Balaban J connectivity index is 1.88. The molecule has 0 aliphatic carbocycles. The molecule has 0 bridgehead atoms. The van der Waals surface area contributed by atoms with E-state index in [0.29, 0.717) is 23.1 Å². The van der Waals surface area contributed by atoms with Crippen molar-refractivity contribution in [3.63, 3.8) is 0 Å². The summed E-state index contributed by atoms with van der Waals surface area (Å²) in [7, 11) is 1.62. The first-order chi connectivity index (χ1) is 12.1. The van der Waals surface area contributed by atoms with E-state index in [9.17, 15) is 0 Å². The Labute approximate surface area is 147 Å². The number of aromatic nitrogens is 2. The lowest BCUT2D eigenvalue weighted by atomic mass is 10.1. The third-order valence-electron chi connectivity index (χ3n) is 4.01. The minimum Gasteiger partial charge on any atom is -0.495 e. The third kappa shape index (κ3) is 3.63. The number of rotatable bonds is 5. The smallest absolute Gasteiger partial charge is 0.159 e. The molecular formula is C19H21N5O. The van der Waals surface area contributed by atoms with E-state index in [-0.39, 0.29) is 0 Å². The summed E-state index contributed by atoms with van der Waals surface area (Å²) >= 11 is 0. The third-order valence-corrected chi connectivity index (χ3v) is 4.01. The summed E-state index contributed by atoms with van der Waals surface area (Å²) in [5, 5.41) is 6.44. The Hall–Kier alpha value is -3.28. The summed E-state index contributed by atoms with van der Waals surface area (Å²) in [4.78, 5) is 8.49. The fourth-order valence-corrected chi connectivity index (χ4v) is 2.43. The van der Waals surface area contributed by atoms with Crippen LogP contribution in [0.15, 0.2) is 48.8 Å². The van der Waals surface area contributed by atoms with Crippen LogP contribution in [-0.2, 0) is 0 Å². The Morgan fingerprint density at radius 1 is 0.920 bits per heavy atom. The highest BCUT2D eigenvalue weighted by Crippen LogP contribution is 2.32. The maximum absolute atomic E-state index is 6.25. The molecule has 0 aliphatic rings. The Morgan fingerprint density at radius 2 is 1.64 bits per heavy atom. The number of nitrogen functional groups attached to an aromatic ring is 1. The predicted molar refractivity (Wildman–Crippen MR) is 102 cm³/mol. The number of anilines is 5. The lowest BCUT2D eigenvalue weighted by Gasteiger charge is -2.14. The quantitative estimate of drug-likeness (QED) is 0.649. The normalized spacial score (nSPS) is 10.4. The van der Waals surface area contributed by atoms with Crippen molar-refractivity contribution in [3.05, 3.63) is 59.9 Å². The van der Waals surface area contributed by atoms with Crippen LogP contribution in [0.25, 0.3) is 0 Å². The molecule has 4 N–H and O–H groups in total. The van der Waals surface area contributed by atoms with Crippen molar-refractivity contribution >= 4 is 28.7 Å². The number of para-hydroxylation sites is 2. The maximum atomic E-state index is 6.25. The van der Waals surface area contributed by atoms with Gasteiger partial charge in [-0.3, -0.25) is 0 Å². The molecule has 0 atom stereocenters. The van der Waals surface area contributed by atoms with Gasteiger partial charge in [-0.05, 0) is 49.2 Å². The summed E-state index contributed by atoms with van der Waals surface area (Å²) in [5.41, 5.74) is 10.8. The summed E-state index contributed by atoms with van der Waals surface area (Å²) in [6.07, 6.45) is 1.47. The second kappa shape index (κ2) is 7.09. The lowest BCUT2D eigenvalue weighted by molar-refractivity contribution is 0.417. The average Bonchev–Trinajstić information content (AvgIpc) is 2.62. The molecule has 0 aliphatic heterocycles. The number of nitrogens with one attached hydrogen (secondary N) is 2. The molecule has 1 heterocycles. The molecule has 0 amide bonds. The number of benzene rings is 2. The fourth-order valence-electron chi connectivity index (χ4n) is 2.43. The fraction of sp³-hybridized carbons (Fsp3) is 0.158.